The fourth-order valence-corrected chi connectivity index (χ4v) is 3.43. The minimum Gasteiger partial charge on any atom is -0.327 e. The molecular weight excluding hydrogens is 345 g/mol. The van der Waals surface area contributed by atoms with E-state index in [1.807, 2.05) is 19.9 Å². The van der Waals surface area contributed by atoms with Crippen LogP contribution in [0, 0.1) is 17.2 Å². The lowest BCUT2D eigenvalue weighted by Gasteiger charge is -2.21. The topological polar surface area (TPSA) is 87.2 Å². The van der Waals surface area contributed by atoms with Crippen molar-refractivity contribution in [3.63, 3.8) is 0 Å². The number of halogens is 2. The number of hydrogen-bond donors (Lipinski definition) is 1. The average molecular weight is 366 g/mol. The van der Waals surface area contributed by atoms with Crippen LogP contribution < -0.4 is 5.73 Å². The van der Waals surface area contributed by atoms with Gasteiger partial charge in [-0.05, 0) is 30.5 Å². The van der Waals surface area contributed by atoms with Crippen molar-refractivity contribution in [2.24, 2.45) is 11.7 Å². The third kappa shape index (κ3) is 5.11. The fraction of sp³-hybridized carbons (Fsp3) is 0.500. The van der Waals surface area contributed by atoms with Crippen LogP contribution in [-0.4, -0.2) is 32.4 Å². The van der Waals surface area contributed by atoms with Gasteiger partial charge in [-0.15, -0.1) is 12.4 Å². The molecule has 0 aliphatic heterocycles. The monoisotopic (exact) mass is 365 g/mol. The van der Waals surface area contributed by atoms with Crippen molar-refractivity contribution in [2.45, 2.75) is 31.2 Å². The van der Waals surface area contributed by atoms with Crippen LogP contribution in [0.4, 0.5) is 0 Å². The molecule has 1 rings (SSSR count). The molecule has 22 heavy (non-hydrogen) atoms. The molecule has 1 atom stereocenters. The molecular formula is C14H21Cl2N3O2S. The predicted octanol–water partition coefficient (Wildman–Crippen LogP) is 2.63. The molecule has 0 aliphatic rings. The lowest BCUT2D eigenvalue weighted by Crippen LogP contribution is -2.34. The van der Waals surface area contributed by atoms with E-state index in [-0.39, 0.29) is 28.4 Å². The summed E-state index contributed by atoms with van der Waals surface area (Å²) in [4.78, 5) is 0.00350. The summed E-state index contributed by atoms with van der Waals surface area (Å²) in [5.41, 5.74) is 6.25. The van der Waals surface area contributed by atoms with Gasteiger partial charge in [-0.2, -0.15) is 5.26 Å². The number of sulfonamides is 1. The third-order valence-corrected chi connectivity index (χ3v) is 5.72. The molecule has 8 heteroatoms. The minimum absolute atomic E-state index is 0. The molecule has 124 valence electrons. The van der Waals surface area contributed by atoms with Crippen LogP contribution >= 0.6 is 24.0 Å². The van der Waals surface area contributed by atoms with Crippen LogP contribution in [0.25, 0.3) is 0 Å². The summed E-state index contributed by atoms with van der Waals surface area (Å²) in [7, 11) is -2.18. The zero-order chi connectivity index (χ0) is 16.2. The number of nitrogens with zero attached hydrogens (tertiary/aromatic N) is 2. The van der Waals surface area contributed by atoms with E-state index in [0.717, 1.165) is 0 Å². The zero-order valence-electron chi connectivity index (χ0n) is 12.8. The highest BCUT2D eigenvalue weighted by Crippen LogP contribution is 2.25. The van der Waals surface area contributed by atoms with E-state index in [0.29, 0.717) is 24.4 Å². The van der Waals surface area contributed by atoms with Crippen LogP contribution in [-0.2, 0) is 10.0 Å². The summed E-state index contributed by atoms with van der Waals surface area (Å²) in [6, 6.07) is 6.00. The maximum atomic E-state index is 12.5. The van der Waals surface area contributed by atoms with Gasteiger partial charge in [0, 0.05) is 19.6 Å². The van der Waals surface area contributed by atoms with Crippen LogP contribution in [0.2, 0.25) is 5.02 Å². The van der Waals surface area contributed by atoms with Crippen molar-refractivity contribution in [3.05, 3.63) is 28.8 Å². The normalized spacial score (nSPS) is 12.8. The van der Waals surface area contributed by atoms with Crippen molar-refractivity contribution in [3.8, 4) is 6.07 Å². The zero-order valence-corrected chi connectivity index (χ0v) is 15.2. The first-order chi connectivity index (χ1) is 9.70. The van der Waals surface area contributed by atoms with Crippen LogP contribution in [0.1, 0.15) is 25.8 Å². The lowest BCUT2D eigenvalue weighted by molar-refractivity contribution is 0.397. The highest BCUT2D eigenvalue weighted by molar-refractivity contribution is 7.89. The first-order valence-electron chi connectivity index (χ1n) is 6.61. The summed E-state index contributed by atoms with van der Waals surface area (Å²) in [5.74, 6) is 0.291. The molecule has 0 aliphatic carbocycles. The summed E-state index contributed by atoms with van der Waals surface area (Å²) < 4.78 is 26.1. The van der Waals surface area contributed by atoms with Crippen LogP contribution in [0.15, 0.2) is 23.1 Å². The number of nitriles is 1. The van der Waals surface area contributed by atoms with Gasteiger partial charge in [0.15, 0.2) is 0 Å². The van der Waals surface area contributed by atoms with E-state index in [9.17, 15) is 8.42 Å². The van der Waals surface area contributed by atoms with Gasteiger partial charge in [0.05, 0.1) is 16.7 Å². The Kier molecular flexibility index (Phi) is 8.37. The quantitative estimate of drug-likeness (QED) is 0.838. The van der Waals surface area contributed by atoms with E-state index in [1.165, 1.54) is 29.6 Å². The van der Waals surface area contributed by atoms with Gasteiger partial charge in [-0.1, -0.05) is 25.4 Å². The van der Waals surface area contributed by atoms with Gasteiger partial charge >= 0.3 is 0 Å². The Morgan fingerprint density at radius 1 is 1.41 bits per heavy atom. The van der Waals surface area contributed by atoms with Crippen molar-refractivity contribution in [1.82, 2.24) is 4.31 Å². The van der Waals surface area contributed by atoms with Crippen LogP contribution in [0.5, 0.6) is 0 Å². The van der Waals surface area contributed by atoms with Crippen molar-refractivity contribution >= 4 is 34.0 Å². The van der Waals surface area contributed by atoms with Crippen molar-refractivity contribution in [1.29, 1.82) is 5.26 Å². The second-order valence-corrected chi connectivity index (χ2v) is 7.70. The lowest BCUT2D eigenvalue weighted by atomic mass is 10.0. The first kappa shape index (κ1) is 21.2. The molecule has 0 saturated carbocycles. The molecule has 0 saturated heterocycles. The van der Waals surface area contributed by atoms with Gasteiger partial charge < -0.3 is 5.73 Å². The smallest absolute Gasteiger partial charge is 0.244 e. The third-order valence-electron chi connectivity index (χ3n) is 3.38. The molecule has 0 radical (unpaired) electrons. The predicted molar refractivity (Wildman–Crippen MR) is 90.7 cm³/mol. The van der Waals surface area contributed by atoms with Crippen molar-refractivity contribution in [2.75, 3.05) is 13.6 Å². The number of benzene rings is 1. The molecule has 0 amide bonds. The Bertz CT molecular complexity index is 642. The van der Waals surface area contributed by atoms with E-state index < -0.39 is 10.0 Å². The van der Waals surface area contributed by atoms with E-state index in [4.69, 9.17) is 22.6 Å². The molecule has 0 heterocycles. The Morgan fingerprint density at radius 3 is 2.45 bits per heavy atom. The molecule has 0 spiro atoms. The SMILES string of the molecule is CC(C)C(N)CCN(C)S(=O)(=O)c1ccc(C#N)cc1Cl.Cl. The molecule has 5 nitrogen and oxygen atoms in total. The Labute approximate surface area is 143 Å². The van der Waals surface area contributed by atoms with E-state index in [1.54, 1.807) is 0 Å². The highest BCUT2D eigenvalue weighted by atomic mass is 35.5. The van der Waals surface area contributed by atoms with Crippen LogP contribution in [0.3, 0.4) is 0 Å². The Morgan fingerprint density at radius 2 is 2.00 bits per heavy atom. The molecule has 0 fully saturated rings. The second-order valence-electron chi connectivity index (χ2n) is 5.28. The Hall–Kier alpha value is -0.840. The molecule has 2 N–H and O–H groups in total. The first-order valence-corrected chi connectivity index (χ1v) is 8.43. The molecule has 0 bridgehead atoms. The fourth-order valence-electron chi connectivity index (χ4n) is 1.73. The number of hydrogen-bond acceptors (Lipinski definition) is 4. The van der Waals surface area contributed by atoms with Gasteiger partial charge in [-0.3, -0.25) is 0 Å². The number of nitrogens with two attached hydrogens (primary N) is 1. The molecule has 1 aromatic carbocycles. The van der Waals surface area contributed by atoms with Gasteiger partial charge in [0.2, 0.25) is 10.0 Å². The maximum Gasteiger partial charge on any atom is 0.244 e. The van der Waals surface area contributed by atoms with Gasteiger partial charge in [0.1, 0.15) is 4.90 Å². The molecule has 1 aromatic rings. The number of rotatable bonds is 6. The second kappa shape index (κ2) is 8.70. The van der Waals surface area contributed by atoms with E-state index in [2.05, 4.69) is 0 Å². The summed E-state index contributed by atoms with van der Waals surface area (Å²) in [6.07, 6.45) is 0.571. The maximum absolute atomic E-state index is 12.5. The summed E-state index contributed by atoms with van der Waals surface area (Å²) >= 11 is 5.97. The van der Waals surface area contributed by atoms with Gasteiger partial charge in [0.25, 0.3) is 0 Å². The molecule has 0 aromatic heterocycles. The summed E-state index contributed by atoms with van der Waals surface area (Å²) in [6.45, 7) is 4.31. The Balaban J connectivity index is 0.00000441. The summed E-state index contributed by atoms with van der Waals surface area (Å²) in [5, 5.41) is 8.83. The van der Waals surface area contributed by atoms with E-state index >= 15 is 0 Å². The van der Waals surface area contributed by atoms with Gasteiger partial charge in [-0.25, -0.2) is 12.7 Å². The average Bonchev–Trinajstić information content (AvgIpc) is 2.43. The largest absolute Gasteiger partial charge is 0.327 e. The highest BCUT2D eigenvalue weighted by Gasteiger charge is 2.24. The molecule has 1 unspecified atom stereocenters. The van der Waals surface area contributed by atoms with Crippen molar-refractivity contribution < 1.29 is 8.42 Å². The minimum atomic E-state index is -3.68. The standard InChI is InChI=1S/C14H20ClN3O2S.ClH/c1-10(2)13(17)6-7-18(3)21(19,20)14-5-4-11(9-16)8-12(14)15;/h4-5,8,10,13H,6-7,17H2,1-3H3;1H.